The van der Waals surface area contributed by atoms with E-state index in [0.717, 1.165) is 9.21 Å². The summed E-state index contributed by atoms with van der Waals surface area (Å²) in [6, 6.07) is 30.3. The third kappa shape index (κ3) is 10.8. The summed E-state index contributed by atoms with van der Waals surface area (Å²) >= 11 is 0. The Morgan fingerprint density at radius 1 is 0.379 bits per heavy atom. The lowest BCUT2D eigenvalue weighted by Crippen LogP contribution is -2.37. The lowest BCUT2D eigenvalue weighted by molar-refractivity contribution is 0.0543. The van der Waals surface area contributed by atoms with Crippen molar-refractivity contribution in [3.8, 4) is 34.5 Å². The minimum atomic E-state index is -4.57. The summed E-state index contributed by atoms with van der Waals surface area (Å²) in [7, 11) is -10.2. The molecule has 6 aromatic rings. The Bertz CT molecular complexity index is 2790. The number of aromatic carboxylic acids is 6. The number of carbonyl (C=O) groups is 6. The van der Waals surface area contributed by atoms with Gasteiger partial charge in [-0.3, -0.25) is 0 Å². The van der Waals surface area contributed by atoms with Crippen LogP contribution in [0.1, 0.15) is 62.1 Å². The fourth-order valence-electron chi connectivity index (χ4n) is 5.40. The molecule has 6 aromatic carbocycles. The molecule has 6 N–H and O–H groups in total. The van der Waals surface area contributed by atoms with Gasteiger partial charge in [0.2, 0.25) is 0 Å². The van der Waals surface area contributed by atoms with E-state index in [-0.39, 0.29) is 67.9 Å². The zero-order valence-corrected chi connectivity index (χ0v) is 35.8. The molecule has 0 fully saturated rings. The van der Waals surface area contributed by atoms with Crippen molar-refractivity contribution < 1.29 is 87.2 Å². The smallest absolute Gasteiger partial charge is 0.447 e. The van der Waals surface area contributed by atoms with Crippen molar-refractivity contribution in [3.05, 3.63) is 179 Å². The van der Waals surface area contributed by atoms with Gasteiger partial charge in [0.05, 0.1) is 33.4 Å². The first-order valence-corrected chi connectivity index (χ1v) is 22.4. The zero-order valence-electron chi connectivity index (χ0n) is 33.1. The van der Waals surface area contributed by atoms with Crippen molar-refractivity contribution in [2.75, 3.05) is 0 Å². The van der Waals surface area contributed by atoms with Crippen LogP contribution in [-0.4, -0.2) is 75.7 Å². The van der Waals surface area contributed by atoms with Crippen LogP contribution in [0.5, 0.6) is 34.5 Å². The van der Waals surface area contributed by atoms with Crippen molar-refractivity contribution in [1.82, 2.24) is 9.21 Å². The maximum Gasteiger partial charge on any atom is 0.447 e. The van der Waals surface area contributed by atoms with Gasteiger partial charge in [0.25, 0.3) is 0 Å². The maximum atomic E-state index is 11.9. The van der Waals surface area contributed by atoms with Crippen LogP contribution in [0.2, 0.25) is 0 Å². The molecule has 0 aromatic heterocycles. The van der Waals surface area contributed by atoms with Crippen LogP contribution >= 0.6 is 24.6 Å². The van der Waals surface area contributed by atoms with Crippen molar-refractivity contribution in [3.63, 3.8) is 0 Å². The minimum absolute atomic E-state index is 0.0128. The van der Waals surface area contributed by atoms with E-state index in [1.54, 1.807) is 0 Å². The predicted octanol–water partition coefficient (Wildman–Crippen LogP) is 9.50. The number of nitrogens with zero attached hydrogens (tertiary/aromatic N) is 3. The van der Waals surface area contributed by atoms with E-state index < -0.39 is 60.4 Å². The molecular weight excluding hydrogens is 927 g/mol. The summed E-state index contributed by atoms with van der Waals surface area (Å²) < 4.78 is 33.5. The molecule has 66 heavy (non-hydrogen) atoms. The van der Waals surface area contributed by atoms with Crippen LogP contribution < -0.4 is 27.8 Å². The SMILES string of the molecule is O=C(O)c1ccc(ON2P(Oc3ccc(C(=O)O)cc3)N=P(Oc3ccc(C(=O)O)cc3)(Oc3ccc(C(=O)O)cc3)N(Oc3ccc(C(=O)O)cc3)P2Oc2ccc(C(=O)O)cc2)cc1. The van der Waals surface area contributed by atoms with Crippen LogP contribution in [0.3, 0.4) is 0 Å². The summed E-state index contributed by atoms with van der Waals surface area (Å²) in [4.78, 5) is 84.0. The molecule has 2 unspecified atom stereocenters. The molecule has 0 aliphatic carbocycles. The van der Waals surface area contributed by atoms with Gasteiger partial charge in [-0.2, -0.15) is 0 Å². The third-order valence-electron chi connectivity index (χ3n) is 8.65. The lowest BCUT2D eigenvalue weighted by Gasteiger charge is -2.43. The molecule has 21 nitrogen and oxygen atoms in total. The van der Waals surface area contributed by atoms with Gasteiger partial charge in [-0.15, -0.1) is 4.52 Å². The Morgan fingerprint density at radius 2 is 0.652 bits per heavy atom. The molecule has 1 aliphatic rings. The van der Waals surface area contributed by atoms with Crippen molar-refractivity contribution in [2.24, 2.45) is 4.52 Å². The van der Waals surface area contributed by atoms with Gasteiger partial charge in [0.15, 0.2) is 0 Å². The van der Waals surface area contributed by atoms with Crippen LogP contribution in [0.15, 0.2) is 150 Å². The number of rotatable bonds is 18. The number of carboxylic acids is 6. The van der Waals surface area contributed by atoms with E-state index in [9.17, 15) is 59.4 Å². The fraction of sp³-hybridized carbons (Fsp3) is 0. The molecule has 1 aliphatic heterocycles. The van der Waals surface area contributed by atoms with Crippen LogP contribution in [0, 0.1) is 0 Å². The highest BCUT2D eigenvalue weighted by Crippen LogP contribution is 2.77. The first-order valence-electron chi connectivity index (χ1n) is 18.5. The first-order chi connectivity index (χ1) is 31.6. The molecule has 0 spiro atoms. The second kappa shape index (κ2) is 19.8. The highest BCUT2D eigenvalue weighted by molar-refractivity contribution is 7.78. The van der Waals surface area contributed by atoms with Crippen molar-refractivity contribution in [1.29, 1.82) is 0 Å². The molecule has 1 heterocycles. The molecule has 0 saturated heterocycles. The Hall–Kier alpha value is -8.05. The van der Waals surface area contributed by atoms with Gasteiger partial charge in [-0.1, -0.05) is 0 Å². The van der Waals surface area contributed by atoms with Gasteiger partial charge < -0.3 is 58.4 Å². The van der Waals surface area contributed by atoms with Crippen LogP contribution in [-0.2, 0) is 0 Å². The summed E-state index contributed by atoms with van der Waals surface area (Å²) in [5.41, 5.74) is -0.726. The third-order valence-corrected chi connectivity index (χ3v) is 15.5. The second-order valence-electron chi connectivity index (χ2n) is 13.1. The molecule has 24 heteroatoms. The molecule has 0 bridgehead atoms. The Kier molecular flexibility index (Phi) is 13.8. The topological polar surface area (TPSA) is 298 Å². The zero-order chi connectivity index (χ0) is 47.1. The standard InChI is InChI=1S/C42H30N3O18P3/c46-37(47)25-1-13-31(14-2-25)58-44-64(60-33-17-5-27(6-18-33)39(50)51)43-66(62-35-21-9-29(10-22-35)41(54)55,63-36-23-11-30(12-24-36)42(56)57)45(59-32-15-3-26(4-16-32)38(48)49)65(44)61-34-19-7-28(8-20-34)40(52)53/h1-24H,(H,46,47)(H,48,49)(H,50,51)(H,52,53)(H,54,55)(H,56,57). The minimum Gasteiger partial charge on any atom is -0.478 e. The summed E-state index contributed by atoms with van der Waals surface area (Å²) in [5.74, 6) is -7.78. The lowest BCUT2D eigenvalue weighted by atomic mass is 10.2. The summed E-state index contributed by atoms with van der Waals surface area (Å²) in [6.07, 6.45) is 0. The average molecular weight is 958 g/mol. The van der Waals surface area contributed by atoms with Crippen LogP contribution in [0.25, 0.3) is 0 Å². The summed E-state index contributed by atoms with van der Waals surface area (Å²) in [5, 5.41) is 57.9. The van der Waals surface area contributed by atoms with E-state index >= 15 is 0 Å². The quantitative estimate of drug-likeness (QED) is 0.0437. The molecule has 7 rings (SSSR count). The van der Waals surface area contributed by atoms with Gasteiger partial charge in [0.1, 0.15) is 34.5 Å². The van der Waals surface area contributed by atoms with Crippen molar-refractivity contribution >= 4 is 60.4 Å². The normalized spacial score (nSPS) is 15.5. The Labute approximate surface area is 373 Å². The van der Waals surface area contributed by atoms with Gasteiger partial charge in [-0.25, -0.2) is 28.8 Å². The van der Waals surface area contributed by atoms with E-state index in [1.807, 2.05) is 0 Å². The predicted molar refractivity (Wildman–Crippen MR) is 231 cm³/mol. The van der Waals surface area contributed by atoms with E-state index in [0.29, 0.717) is 0 Å². The van der Waals surface area contributed by atoms with E-state index in [1.165, 1.54) is 146 Å². The van der Waals surface area contributed by atoms with Crippen molar-refractivity contribution in [2.45, 2.75) is 0 Å². The van der Waals surface area contributed by atoms with Gasteiger partial charge >= 0.3 is 60.4 Å². The maximum absolute atomic E-state index is 11.9. The Balaban J connectivity index is 1.51. The fourth-order valence-corrected chi connectivity index (χ4v) is 12.9. The van der Waals surface area contributed by atoms with Gasteiger partial charge in [-0.05, 0) is 146 Å². The molecule has 0 radical (unpaired) electrons. The monoisotopic (exact) mass is 957 g/mol. The average Bonchev–Trinajstić information content (AvgIpc) is 3.29. The highest BCUT2D eigenvalue weighted by Gasteiger charge is 2.58. The molecular formula is C42H30N3O18P3. The van der Waals surface area contributed by atoms with Gasteiger partial charge in [0, 0.05) is 9.21 Å². The van der Waals surface area contributed by atoms with Crippen LogP contribution in [0.4, 0.5) is 0 Å². The van der Waals surface area contributed by atoms with E-state index in [2.05, 4.69) is 0 Å². The molecule has 336 valence electrons. The molecule has 0 saturated carbocycles. The van der Waals surface area contributed by atoms with E-state index in [4.69, 9.17) is 32.3 Å². The molecule has 0 amide bonds. The largest absolute Gasteiger partial charge is 0.478 e. The second-order valence-corrected chi connectivity index (χ2v) is 18.6. The number of carboxylic acid groups (broad SMARTS) is 6. The highest BCUT2D eigenvalue weighted by atomic mass is 31.3. The first kappa shape index (κ1) is 46.0. The molecule has 2 atom stereocenters. The Morgan fingerprint density at radius 3 is 0.970 bits per heavy atom. The number of hydrogen-bond acceptors (Lipinski definition) is 15. The summed E-state index contributed by atoms with van der Waals surface area (Å²) in [6.45, 7) is 0. The number of benzene rings is 6. The number of hydrogen-bond donors (Lipinski definition) is 6.